The lowest BCUT2D eigenvalue weighted by Crippen LogP contribution is -2.33. The minimum Gasteiger partial charge on any atom is -0.326 e. The second-order valence-corrected chi connectivity index (χ2v) is 7.51. The van der Waals surface area contributed by atoms with E-state index in [0.717, 1.165) is 6.26 Å². The number of hydrogen-bond donors (Lipinski definition) is 1. The average Bonchev–Trinajstić information content (AvgIpc) is 2.55. The van der Waals surface area contributed by atoms with Crippen molar-refractivity contribution in [2.45, 2.75) is 13.3 Å². The van der Waals surface area contributed by atoms with Crippen LogP contribution in [0.15, 0.2) is 54.6 Å². The monoisotopic (exact) mass is 360 g/mol. The van der Waals surface area contributed by atoms with Crippen LogP contribution < -0.4 is 9.62 Å². The Morgan fingerprint density at radius 3 is 2.32 bits per heavy atom. The van der Waals surface area contributed by atoms with Gasteiger partial charge in [0, 0.05) is 24.2 Å². The molecule has 25 heavy (non-hydrogen) atoms. The summed E-state index contributed by atoms with van der Waals surface area (Å²) in [5.74, 6) is -0.422. The highest BCUT2D eigenvalue weighted by atomic mass is 32.2. The highest BCUT2D eigenvalue weighted by Gasteiger charge is 2.18. The molecule has 0 unspecified atom stereocenters. The number of amides is 1. The Labute approximate surface area is 147 Å². The largest absolute Gasteiger partial charge is 0.326 e. The van der Waals surface area contributed by atoms with Gasteiger partial charge in [-0.2, -0.15) is 0 Å². The number of nitrogens with zero attached hydrogens (tertiary/aromatic N) is 1. The Morgan fingerprint density at radius 2 is 1.72 bits per heavy atom. The number of carbonyl (C=O) groups is 2. The molecule has 0 fully saturated rings. The molecule has 0 atom stereocenters. The van der Waals surface area contributed by atoms with Crippen LogP contribution in [0.2, 0.25) is 0 Å². The molecule has 1 N–H and O–H groups in total. The third-order valence-electron chi connectivity index (χ3n) is 3.54. The summed E-state index contributed by atoms with van der Waals surface area (Å²) < 4.78 is 25.2. The van der Waals surface area contributed by atoms with Crippen LogP contribution in [0, 0.1) is 0 Å². The van der Waals surface area contributed by atoms with E-state index in [2.05, 4.69) is 5.32 Å². The van der Waals surface area contributed by atoms with Gasteiger partial charge in [-0.15, -0.1) is 0 Å². The number of anilines is 2. The smallest absolute Gasteiger partial charge is 0.232 e. The first kappa shape index (κ1) is 18.7. The van der Waals surface area contributed by atoms with Crippen LogP contribution >= 0.6 is 0 Å². The van der Waals surface area contributed by atoms with Crippen molar-refractivity contribution in [1.29, 1.82) is 0 Å². The summed E-state index contributed by atoms with van der Waals surface area (Å²) >= 11 is 0. The zero-order valence-electron chi connectivity index (χ0n) is 14.1. The number of sulfonamides is 1. The molecule has 132 valence electrons. The molecule has 0 spiro atoms. The standard InChI is InChI=1S/C18H20N2O4S/c1-14(21)15-7-6-8-16(13-15)19-18(22)11-12-20(25(2,23)24)17-9-4-3-5-10-17/h3-10,13H,11-12H2,1-2H3,(H,19,22). The summed E-state index contributed by atoms with van der Waals surface area (Å²) in [7, 11) is -3.50. The summed E-state index contributed by atoms with van der Waals surface area (Å²) in [5.41, 5.74) is 1.51. The summed E-state index contributed by atoms with van der Waals surface area (Å²) in [6.45, 7) is 1.48. The van der Waals surface area contributed by atoms with Crippen LogP contribution in [-0.2, 0) is 14.8 Å². The Balaban J connectivity index is 2.04. The molecule has 2 aromatic carbocycles. The molecule has 0 aliphatic carbocycles. The van der Waals surface area contributed by atoms with E-state index >= 15 is 0 Å². The van der Waals surface area contributed by atoms with Gasteiger partial charge < -0.3 is 5.32 Å². The van der Waals surface area contributed by atoms with E-state index < -0.39 is 10.0 Å². The van der Waals surface area contributed by atoms with E-state index in [1.54, 1.807) is 54.6 Å². The number of para-hydroxylation sites is 1. The first-order valence-corrected chi connectivity index (χ1v) is 9.56. The van der Waals surface area contributed by atoms with Crippen molar-refractivity contribution in [2.24, 2.45) is 0 Å². The molecule has 0 heterocycles. The maximum Gasteiger partial charge on any atom is 0.232 e. The normalized spacial score (nSPS) is 11.0. The predicted octanol–water partition coefficient (Wildman–Crippen LogP) is 2.68. The van der Waals surface area contributed by atoms with Gasteiger partial charge in [-0.1, -0.05) is 30.3 Å². The number of carbonyl (C=O) groups excluding carboxylic acids is 2. The summed E-state index contributed by atoms with van der Waals surface area (Å²) in [4.78, 5) is 23.5. The molecule has 6 nitrogen and oxygen atoms in total. The van der Waals surface area contributed by atoms with Crippen molar-refractivity contribution in [2.75, 3.05) is 22.4 Å². The van der Waals surface area contributed by atoms with E-state index in [1.807, 2.05) is 0 Å². The van der Waals surface area contributed by atoms with Gasteiger partial charge in [-0.25, -0.2) is 8.42 Å². The molecule has 7 heteroatoms. The minimum absolute atomic E-state index is 0.00768. The SMILES string of the molecule is CC(=O)c1cccc(NC(=O)CCN(c2ccccc2)S(C)(=O)=O)c1. The van der Waals surface area contributed by atoms with Crippen molar-refractivity contribution >= 4 is 33.1 Å². The van der Waals surface area contributed by atoms with Gasteiger partial charge in [0.25, 0.3) is 0 Å². The zero-order chi connectivity index (χ0) is 18.4. The van der Waals surface area contributed by atoms with E-state index in [4.69, 9.17) is 0 Å². The predicted molar refractivity (Wildman–Crippen MR) is 98.3 cm³/mol. The van der Waals surface area contributed by atoms with Crippen LogP contribution in [0.25, 0.3) is 0 Å². The van der Waals surface area contributed by atoms with Crippen molar-refractivity contribution in [3.8, 4) is 0 Å². The Kier molecular flexibility index (Phi) is 5.93. The molecule has 2 rings (SSSR count). The average molecular weight is 360 g/mol. The molecule has 0 saturated carbocycles. The third-order valence-corrected chi connectivity index (χ3v) is 4.73. The molecular weight excluding hydrogens is 340 g/mol. The first-order valence-electron chi connectivity index (χ1n) is 7.71. The first-order chi connectivity index (χ1) is 11.8. The number of rotatable bonds is 7. The van der Waals surface area contributed by atoms with E-state index in [-0.39, 0.29) is 24.7 Å². The van der Waals surface area contributed by atoms with Crippen molar-refractivity contribution in [3.05, 3.63) is 60.2 Å². The molecule has 2 aromatic rings. The fraction of sp³-hybridized carbons (Fsp3) is 0.222. The Hall–Kier alpha value is -2.67. The van der Waals surface area contributed by atoms with Gasteiger partial charge in [-0.3, -0.25) is 13.9 Å². The quantitative estimate of drug-likeness (QED) is 0.770. The molecule has 0 radical (unpaired) electrons. The third kappa shape index (κ3) is 5.42. The van der Waals surface area contributed by atoms with Crippen molar-refractivity contribution in [1.82, 2.24) is 0 Å². The highest BCUT2D eigenvalue weighted by molar-refractivity contribution is 7.92. The van der Waals surface area contributed by atoms with Crippen molar-refractivity contribution < 1.29 is 18.0 Å². The van der Waals surface area contributed by atoms with Crippen LogP contribution in [0.5, 0.6) is 0 Å². The van der Waals surface area contributed by atoms with Crippen LogP contribution in [0.1, 0.15) is 23.7 Å². The Bertz CT molecular complexity index is 864. The summed E-state index contributed by atoms with van der Waals surface area (Å²) in [6.07, 6.45) is 1.10. The number of hydrogen-bond acceptors (Lipinski definition) is 4. The molecule has 1 amide bonds. The van der Waals surface area contributed by atoms with Crippen molar-refractivity contribution in [3.63, 3.8) is 0 Å². The van der Waals surface area contributed by atoms with Gasteiger partial charge in [0.15, 0.2) is 5.78 Å². The lowest BCUT2D eigenvalue weighted by atomic mass is 10.1. The van der Waals surface area contributed by atoms with E-state index in [0.29, 0.717) is 16.9 Å². The number of ketones is 1. The molecule has 0 aliphatic heterocycles. The maximum atomic E-state index is 12.1. The highest BCUT2D eigenvalue weighted by Crippen LogP contribution is 2.17. The number of benzene rings is 2. The molecule has 0 aromatic heterocycles. The fourth-order valence-corrected chi connectivity index (χ4v) is 3.25. The maximum absolute atomic E-state index is 12.1. The van der Waals surface area contributed by atoms with Crippen LogP contribution in [-0.4, -0.2) is 32.9 Å². The van der Waals surface area contributed by atoms with Gasteiger partial charge >= 0.3 is 0 Å². The number of Topliss-reactive ketones (excluding diaryl/α,β-unsaturated/α-hetero) is 1. The molecule has 0 aliphatic rings. The minimum atomic E-state index is -3.50. The van der Waals surface area contributed by atoms with Crippen LogP contribution in [0.3, 0.4) is 0 Å². The van der Waals surface area contributed by atoms with E-state index in [9.17, 15) is 18.0 Å². The Morgan fingerprint density at radius 1 is 1.04 bits per heavy atom. The lowest BCUT2D eigenvalue weighted by molar-refractivity contribution is -0.116. The molecule has 0 saturated heterocycles. The summed E-state index contributed by atoms with van der Waals surface area (Å²) in [5, 5.41) is 2.68. The molecule has 0 bridgehead atoms. The topological polar surface area (TPSA) is 83.6 Å². The fourth-order valence-electron chi connectivity index (χ4n) is 2.32. The van der Waals surface area contributed by atoms with Gasteiger partial charge in [0.1, 0.15) is 0 Å². The summed E-state index contributed by atoms with van der Waals surface area (Å²) in [6, 6.07) is 15.2. The molecular formula is C18H20N2O4S. The lowest BCUT2D eigenvalue weighted by Gasteiger charge is -2.22. The second-order valence-electron chi connectivity index (χ2n) is 5.61. The van der Waals surface area contributed by atoms with Gasteiger partial charge in [0.05, 0.1) is 11.9 Å². The van der Waals surface area contributed by atoms with Crippen LogP contribution in [0.4, 0.5) is 11.4 Å². The second kappa shape index (κ2) is 7.94. The zero-order valence-corrected chi connectivity index (χ0v) is 14.9. The van der Waals surface area contributed by atoms with Gasteiger partial charge in [-0.05, 0) is 31.2 Å². The number of nitrogens with one attached hydrogen (secondary N) is 1. The van der Waals surface area contributed by atoms with Gasteiger partial charge in [0.2, 0.25) is 15.9 Å². The van der Waals surface area contributed by atoms with E-state index in [1.165, 1.54) is 11.2 Å².